The zero-order chi connectivity index (χ0) is 26.0. The number of carbonyl (C=O) groups is 3. The number of carbonyl (C=O) groups excluding carboxylic acids is 3. The molecule has 3 aromatic carbocycles. The van der Waals surface area contributed by atoms with Gasteiger partial charge in [-0.2, -0.15) is 0 Å². The molecular weight excluding hydrogens is 505 g/mol. The number of amides is 3. The van der Waals surface area contributed by atoms with E-state index in [4.69, 9.17) is 32.7 Å². The Hall–Kier alpha value is -4.01. The van der Waals surface area contributed by atoms with E-state index in [9.17, 15) is 14.4 Å². The molecule has 1 aliphatic heterocycles. The normalized spacial score (nSPS) is 13.2. The van der Waals surface area contributed by atoms with Gasteiger partial charge in [-0.3, -0.25) is 14.4 Å². The maximum atomic E-state index is 13.1. The van der Waals surface area contributed by atoms with Crippen LogP contribution in [-0.4, -0.2) is 31.9 Å². The van der Waals surface area contributed by atoms with Gasteiger partial charge in [0.1, 0.15) is 22.2 Å². The van der Waals surface area contributed by atoms with Gasteiger partial charge in [0.15, 0.2) is 0 Å². The van der Waals surface area contributed by atoms with Crippen LogP contribution in [0.1, 0.15) is 15.9 Å². The van der Waals surface area contributed by atoms with E-state index in [1.807, 2.05) is 0 Å². The molecule has 0 bridgehead atoms. The zero-order valence-corrected chi connectivity index (χ0v) is 21.0. The lowest BCUT2D eigenvalue weighted by Crippen LogP contribution is -2.32. The molecule has 4 rings (SSSR count). The number of aryl methyl sites for hydroxylation is 1. The Morgan fingerprint density at radius 1 is 0.889 bits per heavy atom. The monoisotopic (exact) mass is 525 g/mol. The average Bonchev–Trinajstić information content (AvgIpc) is 3.09. The predicted molar refractivity (Wildman–Crippen MR) is 139 cm³/mol. The first-order valence-electron chi connectivity index (χ1n) is 10.7. The second kappa shape index (κ2) is 10.3. The van der Waals surface area contributed by atoms with Crippen LogP contribution < -0.4 is 25.0 Å². The molecule has 0 atom stereocenters. The molecule has 3 aromatic rings. The van der Waals surface area contributed by atoms with E-state index in [0.717, 1.165) is 4.90 Å². The minimum Gasteiger partial charge on any atom is -0.497 e. The number of imide groups is 1. The van der Waals surface area contributed by atoms with E-state index in [-0.39, 0.29) is 16.6 Å². The van der Waals surface area contributed by atoms with E-state index < -0.39 is 11.8 Å². The van der Waals surface area contributed by atoms with Crippen LogP contribution >= 0.6 is 23.2 Å². The van der Waals surface area contributed by atoms with Gasteiger partial charge in [0, 0.05) is 22.3 Å². The van der Waals surface area contributed by atoms with Crippen LogP contribution in [0.3, 0.4) is 0 Å². The molecule has 0 radical (unpaired) electrons. The molecule has 36 heavy (non-hydrogen) atoms. The molecule has 0 saturated heterocycles. The van der Waals surface area contributed by atoms with Crippen molar-refractivity contribution in [1.29, 1.82) is 0 Å². The van der Waals surface area contributed by atoms with Crippen molar-refractivity contribution >= 4 is 58.0 Å². The lowest BCUT2D eigenvalue weighted by atomic mass is 10.1. The average molecular weight is 526 g/mol. The van der Waals surface area contributed by atoms with Crippen LogP contribution in [-0.2, 0) is 9.59 Å². The van der Waals surface area contributed by atoms with Crippen molar-refractivity contribution in [3.63, 3.8) is 0 Å². The van der Waals surface area contributed by atoms with Crippen LogP contribution in [0.2, 0.25) is 5.02 Å². The van der Waals surface area contributed by atoms with Crippen molar-refractivity contribution < 1.29 is 23.9 Å². The van der Waals surface area contributed by atoms with E-state index in [0.29, 0.717) is 44.7 Å². The van der Waals surface area contributed by atoms with Gasteiger partial charge in [-0.15, -0.1) is 0 Å². The number of ether oxygens (including phenoxy) is 2. The number of nitrogens with zero attached hydrogens (tertiary/aromatic N) is 1. The minimum atomic E-state index is -0.654. The minimum absolute atomic E-state index is 0.0683. The second-order valence-electron chi connectivity index (χ2n) is 7.79. The van der Waals surface area contributed by atoms with Gasteiger partial charge in [-0.05, 0) is 61.0 Å². The third kappa shape index (κ3) is 4.86. The van der Waals surface area contributed by atoms with Gasteiger partial charge in [0.05, 0.1) is 25.6 Å². The number of hydrogen-bond acceptors (Lipinski definition) is 6. The van der Waals surface area contributed by atoms with Gasteiger partial charge < -0.3 is 20.1 Å². The molecule has 0 saturated carbocycles. The first-order chi connectivity index (χ1) is 17.2. The van der Waals surface area contributed by atoms with Crippen LogP contribution in [0.5, 0.6) is 11.5 Å². The third-order valence-electron chi connectivity index (χ3n) is 5.51. The number of nitrogens with one attached hydrogen (secondary N) is 2. The Morgan fingerprint density at radius 3 is 2.28 bits per heavy atom. The number of hydrogen-bond donors (Lipinski definition) is 2. The van der Waals surface area contributed by atoms with Crippen molar-refractivity contribution in [3.05, 3.63) is 87.5 Å². The highest BCUT2D eigenvalue weighted by Gasteiger charge is 2.39. The highest BCUT2D eigenvalue weighted by Crippen LogP contribution is 2.34. The standard InChI is InChI=1S/C26H21Cl2N3O5/c1-14-4-7-16(27)12-20(14)31-25(33)22(28)23(26(31)34)29-17-8-5-15(6-9-17)24(32)30-19-11-10-18(35-2)13-21(19)36-3/h4-13,29H,1-3H3,(H,30,32). The lowest BCUT2D eigenvalue weighted by Gasteiger charge is -2.18. The summed E-state index contributed by atoms with van der Waals surface area (Å²) < 4.78 is 10.5. The molecule has 0 aromatic heterocycles. The van der Waals surface area contributed by atoms with Crippen LogP contribution in [0, 0.1) is 6.92 Å². The fourth-order valence-electron chi connectivity index (χ4n) is 3.60. The van der Waals surface area contributed by atoms with Crippen molar-refractivity contribution in [2.75, 3.05) is 29.8 Å². The molecule has 184 valence electrons. The SMILES string of the molecule is COc1ccc(NC(=O)c2ccc(NC3=C(Cl)C(=O)N(c4cc(Cl)ccc4C)C3=O)cc2)c(OC)c1. The molecule has 3 amide bonds. The van der Waals surface area contributed by atoms with Crippen LogP contribution in [0.15, 0.2) is 71.4 Å². The van der Waals surface area contributed by atoms with Gasteiger partial charge in [0.25, 0.3) is 17.7 Å². The molecule has 0 aliphatic carbocycles. The Bertz CT molecular complexity index is 1400. The quantitative estimate of drug-likeness (QED) is 0.403. The maximum absolute atomic E-state index is 13.1. The zero-order valence-electron chi connectivity index (χ0n) is 19.5. The number of halogens is 2. The first kappa shape index (κ1) is 25.1. The third-order valence-corrected chi connectivity index (χ3v) is 6.10. The Labute approximate surface area is 217 Å². The molecule has 1 heterocycles. The molecular formula is C26H21Cl2N3O5. The van der Waals surface area contributed by atoms with Gasteiger partial charge >= 0.3 is 0 Å². The van der Waals surface area contributed by atoms with Crippen molar-refractivity contribution in [1.82, 2.24) is 0 Å². The lowest BCUT2D eigenvalue weighted by molar-refractivity contribution is -0.120. The van der Waals surface area contributed by atoms with Gasteiger partial charge in [-0.1, -0.05) is 29.3 Å². The molecule has 0 fully saturated rings. The highest BCUT2D eigenvalue weighted by atomic mass is 35.5. The smallest absolute Gasteiger partial charge is 0.283 e. The van der Waals surface area contributed by atoms with E-state index in [1.165, 1.54) is 20.3 Å². The number of anilines is 3. The van der Waals surface area contributed by atoms with Crippen molar-refractivity contribution in [3.8, 4) is 11.5 Å². The number of rotatable bonds is 7. The summed E-state index contributed by atoms with van der Waals surface area (Å²) in [6.07, 6.45) is 0. The Kier molecular flexibility index (Phi) is 7.19. The van der Waals surface area contributed by atoms with Crippen LogP contribution in [0.4, 0.5) is 17.1 Å². The highest BCUT2D eigenvalue weighted by molar-refractivity contribution is 6.53. The van der Waals surface area contributed by atoms with E-state index in [2.05, 4.69) is 10.6 Å². The summed E-state index contributed by atoms with van der Waals surface area (Å²) in [6.45, 7) is 1.76. The predicted octanol–water partition coefficient (Wildman–Crippen LogP) is 5.35. The Morgan fingerprint density at radius 2 is 1.61 bits per heavy atom. The topological polar surface area (TPSA) is 97.0 Å². The summed E-state index contributed by atoms with van der Waals surface area (Å²) in [7, 11) is 3.03. The van der Waals surface area contributed by atoms with E-state index in [1.54, 1.807) is 61.5 Å². The summed E-state index contributed by atoms with van der Waals surface area (Å²) >= 11 is 12.3. The molecule has 8 nitrogen and oxygen atoms in total. The summed E-state index contributed by atoms with van der Waals surface area (Å²) in [5.74, 6) is -0.580. The molecule has 10 heteroatoms. The molecule has 1 aliphatic rings. The van der Waals surface area contributed by atoms with Gasteiger partial charge in [-0.25, -0.2) is 4.90 Å². The fourth-order valence-corrected chi connectivity index (χ4v) is 3.98. The molecule has 0 unspecified atom stereocenters. The largest absolute Gasteiger partial charge is 0.497 e. The number of benzene rings is 3. The fraction of sp³-hybridized carbons (Fsp3) is 0.115. The maximum Gasteiger partial charge on any atom is 0.283 e. The summed E-state index contributed by atoms with van der Waals surface area (Å²) in [4.78, 5) is 39.5. The summed E-state index contributed by atoms with van der Waals surface area (Å²) in [5.41, 5.74) is 2.29. The second-order valence-corrected chi connectivity index (χ2v) is 8.60. The molecule has 0 spiro atoms. The summed E-state index contributed by atoms with van der Waals surface area (Å²) in [5, 5.41) is 5.82. The van der Waals surface area contributed by atoms with Crippen molar-refractivity contribution in [2.24, 2.45) is 0 Å². The summed E-state index contributed by atoms with van der Waals surface area (Å²) in [6, 6.07) is 16.3. The number of methoxy groups -OCH3 is 2. The van der Waals surface area contributed by atoms with Crippen molar-refractivity contribution in [2.45, 2.75) is 6.92 Å². The molecule has 2 N–H and O–H groups in total. The first-order valence-corrected chi connectivity index (χ1v) is 11.4. The van der Waals surface area contributed by atoms with Crippen LogP contribution in [0.25, 0.3) is 0 Å². The van der Waals surface area contributed by atoms with E-state index >= 15 is 0 Å². The van der Waals surface area contributed by atoms with Gasteiger partial charge in [0.2, 0.25) is 0 Å². The Balaban J connectivity index is 1.50.